The van der Waals surface area contributed by atoms with Crippen LogP contribution in [0.4, 0.5) is 0 Å². The Morgan fingerprint density at radius 3 is 1.84 bits per heavy atom. The van der Waals surface area contributed by atoms with Gasteiger partial charge in [0.1, 0.15) is 0 Å². The SMILES string of the molecule is CCCCc1c(O[Si](C)(C)C(C)(C)C)nn(-c2ccccc2)c1O[Si](C)(C)C(C)(C)C. The average molecular weight is 461 g/mol. The largest absolute Gasteiger partial charge is 0.530 e. The summed E-state index contributed by atoms with van der Waals surface area (Å²) in [4.78, 5) is 0. The Morgan fingerprint density at radius 2 is 1.35 bits per heavy atom. The van der Waals surface area contributed by atoms with Gasteiger partial charge >= 0.3 is 0 Å². The molecule has 0 spiro atoms. The fourth-order valence-electron chi connectivity index (χ4n) is 2.70. The summed E-state index contributed by atoms with van der Waals surface area (Å²) in [5.74, 6) is 1.64. The third-order valence-corrected chi connectivity index (χ3v) is 15.6. The first-order chi connectivity index (χ1) is 14.1. The molecule has 0 saturated heterocycles. The van der Waals surface area contributed by atoms with Gasteiger partial charge in [0.2, 0.25) is 11.8 Å². The molecule has 0 saturated carbocycles. The second-order valence-electron chi connectivity index (χ2n) is 11.7. The molecule has 6 heteroatoms. The van der Waals surface area contributed by atoms with Gasteiger partial charge in [-0.25, -0.2) is 0 Å². The van der Waals surface area contributed by atoms with Crippen molar-refractivity contribution >= 4 is 16.6 Å². The van der Waals surface area contributed by atoms with Crippen molar-refractivity contribution in [3.8, 4) is 17.4 Å². The lowest BCUT2D eigenvalue weighted by molar-refractivity contribution is 0.455. The first-order valence-corrected chi connectivity index (χ1v) is 17.5. The molecule has 0 aliphatic heterocycles. The van der Waals surface area contributed by atoms with Crippen molar-refractivity contribution in [3.63, 3.8) is 0 Å². The summed E-state index contributed by atoms with van der Waals surface area (Å²) in [6.07, 6.45) is 3.12. The number of hydrogen-bond acceptors (Lipinski definition) is 3. The van der Waals surface area contributed by atoms with E-state index in [1.165, 1.54) is 0 Å². The summed E-state index contributed by atoms with van der Waals surface area (Å²) in [7, 11) is -4.11. The Bertz CT molecular complexity index is 860. The molecule has 0 radical (unpaired) electrons. The van der Waals surface area contributed by atoms with Gasteiger partial charge in [-0.3, -0.25) is 0 Å². The zero-order valence-electron chi connectivity index (χ0n) is 21.7. The lowest BCUT2D eigenvalue weighted by Gasteiger charge is -2.37. The van der Waals surface area contributed by atoms with Gasteiger partial charge in [0.25, 0.3) is 16.6 Å². The lowest BCUT2D eigenvalue weighted by Crippen LogP contribution is -2.44. The molecule has 1 aromatic heterocycles. The average Bonchev–Trinajstić information content (AvgIpc) is 2.94. The van der Waals surface area contributed by atoms with Gasteiger partial charge in [0.15, 0.2) is 0 Å². The van der Waals surface area contributed by atoms with Gasteiger partial charge in [-0.1, -0.05) is 73.1 Å². The van der Waals surface area contributed by atoms with Gasteiger partial charge in [0.05, 0.1) is 11.3 Å². The number of rotatable bonds is 8. The molecule has 0 amide bonds. The van der Waals surface area contributed by atoms with Crippen LogP contribution in [0.2, 0.25) is 36.3 Å². The van der Waals surface area contributed by atoms with E-state index in [9.17, 15) is 0 Å². The minimum Gasteiger partial charge on any atom is -0.530 e. The highest BCUT2D eigenvalue weighted by Crippen LogP contribution is 2.43. The molecule has 31 heavy (non-hydrogen) atoms. The molecule has 2 rings (SSSR count). The van der Waals surface area contributed by atoms with Crippen LogP contribution in [0.3, 0.4) is 0 Å². The molecule has 0 aliphatic carbocycles. The molecule has 0 atom stereocenters. The molecule has 2 aromatic rings. The number of unbranched alkanes of at least 4 members (excludes halogenated alkanes) is 1. The van der Waals surface area contributed by atoms with Gasteiger partial charge in [-0.05, 0) is 61.2 Å². The topological polar surface area (TPSA) is 36.3 Å². The van der Waals surface area contributed by atoms with Crippen molar-refractivity contribution in [2.45, 2.75) is 104 Å². The van der Waals surface area contributed by atoms with Crippen molar-refractivity contribution in [3.05, 3.63) is 35.9 Å². The zero-order valence-corrected chi connectivity index (χ0v) is 23.7. The minimum absolute atomic E-state index is 0.0985. The molecule has 4 nitrogen and oxygen atoms in total. The van der Waals surface area contributed by atoms with Crippen molar-refractivity contribution < 1.29 is 8.85 Å². The maximum absolute atomic E-state index is 6.94. The number of nitrogens with zero attached hydrogens (tertiary/aromatic N) is 2. The monoisotopic (exact) mass is 460 g/mol. The molecule has 174 valence electrons. The summed E-state index contributed by atoms with van der Waals surface area (Å²) in [5, 5.41) is 5.23. The number of aromatic nitrogens is 2. The molecule has 0 unspecified atom stereocenters. The number of hydrogen-bond donors (Lipinski definition) is 0. The van der Waals surface area contributed by atoms with Crippen LogP contribution in [0.1, 0.15) is 66.9 Å². The van der Waals surface area contributed by atoms with Crippen LogP contribution in [0, 0.1) is 0 Å². The summed E-state index contributed by atoms with van der Waals surface area (Å²) >= 11 is 0. The molecule has 1 heterocycles. The summed E-state index contributed by atoms with van der Waals surface area (Å²) in [6.45, 7) is 25.0. The highest BCUT2D eigenvalue weighted by atomic mass is 28.4. The van der Waals surface area contributed by atoms with Crippen molar-refractivity contribution in [2.75, 3.05) is 0 Å². The molecular formula is C25H44N2O2Si2. The first-order valence-electron chi connectivity index (χ1n) is 11.7. The Balaban J connectivity index is 2.70. The Labute approximate surface area is 192 Å². The second-order valence-corrected chi connectivity index (χ2v) is 21.1. The van der Waals surface area contributed by atoms with Crippen LogP contribution in [0.5, 0.6) is 11.8 Å². The molecular weight excluding hydrogens is 416 g/mol. The number of para-hydroxylation sites is 1. The van der Waals surface area contributed by atoms with Crippen LogP contribution >= 0.6 is 0 Å². The highest BCUT2D eigenvalue weighted by molar-refractivity contribution is 6.75. The van der Waals surface area contributed by atoms with Crippen molar-refractivity contribution in [1.29, 1.82) is 0 Å². The van der Waals surface area contributed by atoms with Crippen molar-refractivity contribution in [1.82, 2.24) is 9.78 Å². The van der Waals surface area contributed by atoms with Crippen LogP contribution in [0.15, 0.2) is 30.3 Å². The Morgan fingerprint density at radius 1 is 0.839 bits per heavy atom. The van der Waals surface area contributed by atoms with E-state index in [1.807, 2.05) is 22.9 Å². The predicted octanol–water partition coefficient (Wildman–Crippen LogP) is 7.98. The van der Waals surface area contributed by atoms with E-state index in [0.717, 1.165) is 42.3 Å². The quantitative estimate of drug-likeness (QED) is 0.375. The highest BCUT2D eigenvalue weighted by Gasteiger charge is 2.43. The van der Waals surface area contributed by atoms with E-state index in [4.69, 9.17) is 14.0 Å². The van der Waals surface area contributed by atoms with Gasteiger partial charge in [-0.2, -0.15) is 4.68 Å². The third-order valence-electron chi connectivity index (χ3n) is 7.00. The van der Waals surface area contributed by atoms with E-state index in [2.05, 4.69) is 86.8 Å². The van der Waals surface area contributed by atoms with Crippen LogP contribution in [0.25, 0.3) is 5.69 Å². The lowest BCUT2D eigenvalue weighted by atomic mass is 10.1. The Hall–Kier alpha value is -1.54. The van der Waals surface area contributed by atoms with E-state index in [-0.39, 0.29) is 10.1 Å². The van der Waals surface area contributed by atoms with Gasteiger partial charge < -0.3 is 8.85 Å². The second kappa shape index (κ2) is 9.14. The van der Waals surface area contributed by atoms with Gasteiger partial charge in [0, 0.05) is 0 Å². The first kappa shape index (κ1) is 25.7. The van der Waals surface area contributed by atoms with E-state index >= 15 is 0 Å². The third kappa shape index (κ3) is 5.83. The molecule has 1 aromatic carbocycles. The van der Waals surface area contributed by atoms with Crippen LogP contribution in [-0.2, 0) is 6.42 Å². The fraction of sp³-hybridized carbons (Fsp3) is 0.640. The normalized spacial score (nSPS) is 13.4. The molecule has 0 N–H and O–H groups in total. The zero-order chi connectivity index (χ0) is 23.7. The minimum atomic E-state index is -2.07. The van der Waals surface area contributed by atoms with Crippen molar-refractivity contribution in [2.24, 2.45) is 0 Å². The Kier molecular flexibility index (Phi) is 7.58. The summed E-state index contributed by atoms with van der Waals surface area (Å²) in [5.41, 5.74) is 2.14. The molecule has 0 fully saturated rings. The van der Waals surface area contributed by atoms with Crippen LogP contribution in [-0.4, -0.2) is 26.4 Å². The van der Waals surface area contributed by atoms with Gasteiger partial charge in [-0.15, -0.1) is 5.10 Å². The van der Waals surface area contributed by atoms with E-state index in [0.29, 0.717) is 0 Å². The summed E-state index contributed by atoms with van der Waals surface area (Å²) < 4.78 is 15.7. The summed E-state index contributed by atoms with van der Waals surface area (Å²) in [6, 6.07) is 10.3. The predicted molar refractivity (Wildman–Crippen MR) is 138 cm³/mol. The standard InChI is InChI=1S/C25H44N2O2Si2/c1-12-13-19-21-22(28-30(8,9)24(2,3)4)26-27(20-17-15-14-16-18-20)23(21)29-31(10,11)25(5,6)7/h14-18H,12-13,19H2,1-11H3. The molecule has 0 aliphatic rings. The number of benzene rings is 1. The smallest absolute Gasteiger partial charge is 0.252 e. The fourth-order valence-corrected chi connectivity index (χ4v) is 4.66. The molecule has 0 bridgehead atoms. The maximum Gasteiger partial charge on any atom is 0.252 e. The van der Waals surface area contributed by atoms with E-state index < -0.39 is 16.6 Å². The van der Waals surface area contributed by atoms with Crippen LogP contribution < -0.4 is 8.85 Å². The maximum atomic E-state index is 6.94. The van der Waals surface area contributed by atoms with E-state index in [1.54, 1.807) is 0 Å².